The van der Waals surface area contributed by atoms with Gasteiger partial charge in [-0.1, -0.05) is 18.2 Å². The summed E-state index contributed by atoms with van der Waals surface area (Å²) in [4.78, 5) is 19.5. The second kappa shape index (κ2) is 8.26. The van der Waals surface area contributed by atoms with Crippen LogP contribution >= 0.6 is 0 Å². The average molecular weight is 435 g/mol. The van der Waals surface area contributed by atoms with Crippen LogP contribution in [0.4, 0.5) is 11.4 Å². The second-order valence-corrected chi connectivity index (χ2v) is 8.25. The Bertz CT molecular complexity index is 1440. The lowest BCUT2D eigenvalue weighted by atomic mass is 10.00. The fourth-order valence-corrected chi connectivity index (χ4v) is 4.04. The summed E-state index contributed by atoms with van der Waals surface area (Å²) in [5, 5.41) is 15.6. The summed E-state index contributed by atoms with van der Waals surface area (Å²) in [7, 11) is 4.07. The number of aromatic nitrogens is 2. The van der Waals surface area contributed by atoms with Gasteiger partial charge in [0.05, 0.1) is 28.6 Å². The molecule has 0 saturated heterocycles. The number of rotatable bonds is 5. The summed E-state index contributed by atoms with van der Waals surface area (Å²) >= 11 is 0. The van der Waals surface area contributed by atoms with Crippen LogP contribution in [0.5, 0.6) is 0 Å². The monoisotopic (exact) mass is 434 g/mol. The van der Waals surface area contributed by atoms with E-state index in [0.29, 0.717) is 22.5 Å². The van der Waals surface area contributed by atoms with Gasteiger partial charge in [-0.3, -0.25) is 4.79 Å². The Hall–Kier alpha value is -4.41. The molecule has 0 fully saturated rings. The molecule has 1 aliphatic heterocycles. The molecule has 7 heteroatoms. The molecule has 33 heavy (non-hydrogen) atoms. The molecular weight excluding hydrogens is 412 g/mol. The third kappa shape index (κ3) is 3.95. The van der Waals surface area contributed by atoms with Crippen LogP contribution < -0.4 is 10.6 Å². The highest BCUT2D eigenvalue weighted by atomic mass is 16.2. The molecule has 1 aliphatic rings. The molecule has 162 valence electrons. The lowest BCUT2D eigenvalue weighted by Gasteiger charge is -2.16. The van der Waals surface area contributed by atoms with Gasteiger partial charge in [0.15, 0.2) is 0 Å². The average Bonchev–Trinajstić information content (AvgIpc) is 3.40. The van der Waals surface area contributed by atoms with E-state index in [9.17, 15) is 10.1 Å². The number of carbonyl (C=O) groups excluding carboxylic acids is 1. The van der Waals surface area contributed by atoms with Crippen LogP contribution in [0.2, 0.25) is 0 Å². The maximum absolute atomic E-state index is 13.1. The molecule has 1 amide bonds. The van der Waals surface area contributed by atoms with Crippen LogP contribution in [-0.2, 0) is 11.3 Å². The van der Waals surface area contributed by atoms with Crippen molar-refractivity contribution in [2.75, 3.05) is 24.7 Å². The lowest BCUT2D eigenvalue weighted by Crippen LogP contribution is -2.11. The van der Waals surface area contributed by atoms with E-state index in [0.717, 1.165) is 29.0 Å². The number of carbonyl (C=O) groups is 1. The SMILES string of the molecule is CN(C)Cc1ccc(NC(=C2C(=O)Nc3cc(C#N)ccc32)c2ccc3nccn3c2)cc1. The molecule has 5 rings (SSSR count). The van der Waals surface area contributed by atoms with Gasteiger partial charge in [0, 0.05) is 41.9 Å². The van der Waals surface area contributed by atoms with Crippen LogP contribution in [0.15, 0.2) is 73.2 Å². The number of benzene rings is 2. The number of nitriles is 1. The van der Waals surface area contributed by atoms with E-state index in [1.54, 1.807) is 18.3 Å². The maximum Gasteiger partial charge on any atom is 0.258 e. The first-order valence-electron chi connectivity index (χ1n) is 10.6. The predicted octanol–water partition coefficient (Wildman–Crippen LogP) is 4.20. The van der Waals surface area contributed by atoms with Gasteiger partial charge in [-0.15, -0.1) is 0 Å². The largest absolute Gasteiger partial charge is 0.354 e. The Morgan fingerprint density at radius 2 is 1.97 bits per heavy atom. The highest BCUT2D eigenvalue weighted by Crippen LogP contribution is 2.38. The van der Waals surface area contributed by atoms with E-state index in [4.69, 9.17) is 0 Å². The molecule has 4 aromatic rings. The number of fused-ring (bicyclic) bond motifs is 2. The van der Waals surface area contributed by atoms with Crippen molar-refractivity contribution < 1.29 is 4.79 Å². The summed E-state index contributed by atoms with van der Waals surface area (Å²) in [6.45, 7) is 0.850. The topological polar surface area (TPSA) is 85.5 Å². The van der Waals surface area contributed by atoms with Crippen molar-refractivity contribution in [3.05, 3.63) is 95.4 Å². The molecular formula is C26H22N6O. The van der Waals surface area contributed by atoms with Crippen molar-refractivity contribution >= 4 is 34.2 Å². The van der Waals surface area contributed by atoms with Crippen LogP contribution in [0.3, 0.4) is 0 Å². The maximum atomic E-state index is 13.1. The molecule has 3 heterocycles. The van der Waals surface area contributed by atoms with Gasteiger partial charge in [-0.25, -0.2) is 4.98 Å². The Morgan fingerprint density at radius 3 is 2.73 bits per heavy atom. The minimum Gasteiger partial charge on any atom is -0.354 e. The van der Waals surface area contributed by atoms with Gasteiger partial charge in [0.1, 0.15) is 5.65 Å². The van der Waals surface area contributed by atoms with Gasteiger partial charge in [-0.05, 0) is 56.1 Å². The zero-order valence-corrected chi connectivity index (χ0v) is 18.3. The number of hydrogen-bond acceptors (Lipinski definition) is 5. The molecule has 0 saturated carbocycles. The smallest absolute Gasteiger partial charge is 0.258 e. The van der Waals surface area contributed by atoms with Crippen molar-refractivity contribution in [3.63, 3.8) is 0 Å². The van der Waals surface area contributed by atoms with E-state index < -0.39 is 0 Å². The molecule has 2 aromatic heterocycles. The van der Waals surface area contributed by atoms with E-state index in [1.807, 2.05) is 61.2 Å². The van der Waals surface area contributed by atoms with Gasteiger partial charge >= 0.3 is 0 Å². The van der Waals surface area contributed by atoms with Crippen molar-refractivity contribution in [1.82, 2.24) is 14.3 Å². The van der Waals surface area contributed by atoms with Crippen LogP contribution in [-0.4, -0.2) is 34.3 Å². The molecule has 0 spiro atoms. The molecule has 0 aliphatic carbocycles. The Balaban J connectivity index is 1.64. The zero-order valence-electron chi connectivity index (χ0n) is 18.3. The van der Waals surface area contributed by atoms with Crippen LogP contribution in [0.25, 0.3) is 16.9 Å². The fraction of sp³-hybridized carbons (Fsp3) is 0.115. The summed E-state index contributed by atoms with van der Waals surface area (Å²) in [5.74, 6) is -0.211. The van der Waals surface area contributed by atoms with E-state index in [-0.39, 0.29) is 5.91 Å². The third-order valence-electron chi connectivity index (χ3n) is 5.54. The highest BCUT2D eigenvalue weighted by Gasteiger charge is 2.29. The van der Waals surface area contributed by atoms with Gasteiger partial charge in [0.2, 0.25) is 0 Å². The van der Waals surface area contributed by atoms with Crippen molar-refractivity contribution in [2.24, 2.45) is 0 Å². The summed E-state index contributed by atoms with van der Waals surface area (Å²) in [6.07, 6.45) is 5.57. The molecule has 7 nitrogen and oxygen atoms in total. The minimum absolute atomic E-state index is 0.211. The number of nitrogens with zero attached hydrogens (tertiary/aromatic N) is 4. The fourth-order valence-electron chi connectivity index (χ4n) is 4.04. The number of nitrogens with one attached hydrogen (secondary N) is 2. The third-order valence-corrected chi connectivity index (χ3v) is 5.54. The molecule has 2 N–H and O–H groups in total. The van der Waals surface area contributed by atoms with Crippen molar-refractivity contribution in [3.8, 4) is 6.07 Å². The first-order chi connectivity index (χ1) is 16.0. The Morgan fingerprint density at radius 1 is 1.15 bits per heavy atom. The number of pyridine rings is 1. The molecule has 0 bridgehead atoms. The van der Waals surface area contributed by atoms with Crippen molar-refractivity contribution in [2.45, 2.75) is 6.54 Å². The van der Waals surface area contributed by atoms with E-state index in [1.165, 1.54) is 5.56 Å². The predicted molar refractivity (Wildman–Crippen MR) is 129 cm³/mol. The van der Waals surface area contributed by atoms with Crippen LogP contribution in [0, 0.1) is 11.3 Å². The van der Waals surface area contributed by atoms with Gasteiger partial charge in [0.25, 0.3) is 5.91 Å². The summed E-state index contributed by atoms with van der Waals surface area (Å²) in [6, 6.07) is 19.4. The highest BCUT2D eigenvalue weighted by molar-refractivity contribution is 6.37. The van der Waals surface area contributed by atoms with E-state index >= 15 is 0 Å². The second-order valence-electron chi connectivity index (χ2n) is 8.25. The standard InChI is InChI=1S/C26H22N6O/c1-31(2)15-17-3-7-20(8-4-17)29-25(19-6-10-23-28-11-12-32(23)16-19)24-21-9-5-18(14-27)13-22(21)30-26(24)33/h3-13,16,29H,15H2,1-2H3,(H,30,33). The quantitative estimate of drug-likeness (QED) is 0.460. The molecule has 2 aromatic carbocycles. The first-order valence-corrected chi connectivity index (χ1v) is 10.6. The minimum atomic E-state index is -0.211. The Labute approximate surface area is 191 Å². The Kier molecular flexibility index (Phi) is 5.13. The number of hydrogen-bond donors (Lipinski definition) is 2. The normalized spacial score (nSPS) is 14.2. The zero-order chi connectivity index (χ0) is 22.9. The number of amides is 1. The summed E-state index contributed by atoms with van der Waals surface area (Å²) < 4.78 is 1.92. The number of anilines is 2. The first kappa shape index (κ1) is 20.5. The molecule has 0 radical (unpaired) electrons. The van der Waals surface area contributed by atoms with Gasteiger partial charge in [-0.2, -0.15) is 5.26 Å². The number of imidazole rings is 1. The van der Waals surface area contributed by atoms with E-state index in [2.05, 4.69) is 38.7 Å². The van der Waals surface area contributed by atoms with Crippen molar-refractivity contribution in [1.29, 1.82) is 5.26 Å². The summed E-state index contributed by atoms with van der Waals surface area (Å²) in [5.41, 5.74) is 6.87. The molecule has 0 atom stereocenters. The molecule has 0 unspecified atom stereocenters. The lowest BCUT2D eigenvalue weighted by molar-refractivity contribution is -0.110. The van der Waals surface area contributed by atoms with Crippen LogP contribution in [0.1, 0.15) is 22.3 Å². The van der Waals surface area contributed by atoms with Gasteiger partial charge < -0.3 is 19.9 Å².